The first kappa shape index (κ1) is 18.8. The van der Waals surface area contributed by atoms with Crippen molar-refractivity contribution in [2.75, 3.05) is 11.9 Å². The number of hydrogen-bond donors (Lipinski definition) is 2. The number of carbonyl (C=O) groups excluding carboxylic acids is 1. The molecule has 0 aliphatic heterocycles. The topological polar surface area (TPSA) is 54.0 Å². The molecule has 0 spiro atoms. The fourth-order valence-corrected chi connectivity index (χ4v) is 1.62. The fourth-order valence-electron chi connectivity index (χ4n) is 1.62. The third-order valence-corrected chi connectivity index (χ3v) is 2.89. The summed E-state index contributed by atoms with van der Waals surface area (Å²) in [6.45, 7) is 7.39. The first-order valence-corrected chi connectivity index (χ1v) is 7.08. The Morgan fingerprint density at radius 3 is 2.43 bits per heavy atom. The van der Waals surface area contributed by atoms with Crippen LogP contribution in [0.25, 0.3) is 0 Å². The van der Waals surface area contributed by atoms with Gasteiger partial charge in [-0.25, -0.2) is 4.98 Å². The van der Waals surface area contributed by atoms with Crippen LogP contribution in [0.3, 0.4) is 0 Å². The first-order chi connectivity index (χ1) is 10.5. The van der Waals surface area contributed by atoms with Crippen LogP contribution in [0.5, 0.6) is 0 Å². The molecule has 0 bridgehead atoms. The van der Waals surface area contributed by atoms with Gasteiger partial charge < -0.3 is 10.6 Å². The van der Waals surface area contributed by atoms with Crippen LogP contribution in [0.1, 0.15) is 43.7 Å². The summed E-state index contributed by atoms with van der Waals surface area (Å²) < 4.78 is 38.4. The molecule has 0 saturated heterocycles. The Balaban J connectivity index is 3.19. The van der Waals surface area contributed by atoms with Crippen molar-refractivity contribution in [1.82, 2.24) is 10.3 Å². The van der Waals surface area contributed by atoms with Crippen molar-refractivity contribution in [2.24, 2.45) is 5.92 Å². The van der Waals surface area contributed by atoms with Crippen LogP contribution in [0.4, 0.5) is 19.0 Å². The smallest absolute Gasteiger partial charge is 0.369 e. The number of alkyl halides is 3. The molecule has 0 unspecified atom stereocenters. The number of nitrogens with zero attached hydrogens (tertiary/aromatic N) is 1. The Bertz CT molecular complexity index is 616. The number of aromatic nitrogens is 1. The van der Waals surface area contributed by atoms with Crippen LogP contribution in [0.15, 0.2) is 12.1 Å². The van der Waals surface area contributed by atoms with Crippen LogP contribution in [-0.2, 0) is 6.18 Å². The summed E-state index contributed by atoms with van der Waals surface area (Å²) in [6.07, 6.45) is 0.724. The van der Waals surface area contributed by atoms with E-state index in [1.54, 1.807) is 13.8 Å². The van der Waals surface area contributed by atoms with Gasteiger partial charge in [0.1, 0.15) is 11.5 Å². The average molecular weight is 327 g/mol. The first-order valence-electron chi connectivity index (χ1n) is 7.08. The Morgan fingerprint density at radius 1 is 1.35 bits per heavy atom. The van der Waals surface area contributed by atoms with Gasteiger partial charge in [-0.1, -0.05) is 19.8 Å². The molecule has 23 heavy (non-hydrogen) atoms. The van der Waals surface area contributed by atoms with E-state index < -0.39 is 23.3 Å². The van der Waals surface area contributed by atoms with Crippen LogP contribution in [0, 0.1) is 18.3 Å². The van der Waals surface area contributed by atoms with Crippen LogP contribution in [-0.4, -0.2) is 23.0 Å². The molecular formula is C16H20F3N3O. The van der Waals surface area contributed by atoms with Crippen molar-refractivity contribution in [2.45, 2.75) is 39.4 Å². The van der Waals surface area contributed by atoms with Crippen LogP contribution in [0.2, 0.25) is 0 Å². The molecule has 1 aromatic heterocycles. The molecule has 126 valence electrons. The van der Waals surface area contributed by atoms with Crippen molar-refractivity contribution < 1.29 is 18.0 Å². The van der Waals surface area contributed by atoms with E-state index in [0.717, 1.165) is 12.1 Å². The van der Waals surface area contributed by atoms with Crippen molar-refractivity contribution in [3.8, 4) is 12.3 Å². The number of pyridine rings is 1. The van der Waals surface area contributed by atoms with E-state index in [1.165, 1.54) is 0 Å². The van der Waals surface area contributed by atoms with Gasteiger partial charge in [-0.05, 0) is 31.9 Å². The average Bonchev–Trinajstić information content (AvgIpc) is 2.43. The minimum atomic E-state index is -4.58. The number of amides is 1. The lowest BCUT2D eigenvalue weighted by atomic mass is 10.1. The van der Waals surface area contributed by atoms with E-state index in [9.17, 15) is 18.0 Å². The van der Waals surface area contributed by atoms with Gasteiger partial charge >= 0.3 is 6.18 Å². The number of rotatable bonds is 5. The highest BCUT2D eigenvalue weighted by molar-refractivity contribution is 5.99. The summed E-state index contributed by atoms with van der Waals surface area (Å²) in [5, 5.41) is 5.36. The third-order valence-electron chi connectivity index (χ3n) is 2.89. The minimum Gasteiger partial charge on any atom is -0.369 e. The molecule has 0 aliphatic rings. The summed E-state index contributed by atoms with van der Waals surface area (Å²) in [4.78, 5) is 15.8. The van der Waals surface area contributed by atoms with Gasteiger partial charge in [0.15, 0.2) is 0 Å². The second kappa shape index (κ2) is 6.90. The molecule has 1 heterocycles. The maximum Gasteiger partial charge on any atom is 0.433 e. The Morgan fingerprint density at radius 2 is 1.96 bits per heavy atom. The largest absolute Gasteiger partial charge is 0.433 e. The third kappa shape index (κ3) is 5.47. The SMILES string of the molecule is C#CC(C)(C)NC(=O)c1ccc(C(F)(F)F)nc1NCC(C)C. The van der Waals surface area contributed by atoms with Gasteiger partial charge in [-0.3, -0.25) is 4.79 Å². The van der Waals surface area contributed by atoms with E-state index in [4.69, 9.17) is 6.42 Å². The predicted molar refractivity (Wildman–Crippen MR) is 82.9 cm³/mol. The molecule has 7 heteroatoms. The monoisotopic (exact) mass is 327 g/mol. The van der Waals surface area contributed by atoms with Crippen LogP contribution < -0.4 is 10.6 Å². The Hall–Kier alpha value is -2.23. The van der Waals surface area contributed by atoms with Gasteiger partial charge in [-0.2, -0.15) is 13.2 Å². The summed E-state index contributed by atoms with van der Waals surface area (Å²) in [7, 11) is 0. The standard InChI is InChI=1S/C16H20F3N3O/c1-6-15(4,5)22-14(23)11-7-8-12(16(17,18)19)21-13(11)20-9-10(2)3/h1,7-8,10H,9H2,2-5H3,(H,20,21)(H,22,23). The molecule has 2 N–H and O–H groups in total. The van der Waals surface area contributed by atoms with Crippen LogP contribution >= 0.6 is 0 Å². The highest BCUT2D eigenvalue weighted by Crippen LogP contribution is 2.29. The number of hydrogen-bond acceptors (Lipinski definition) is 3. The molecule has 0 atom stereocenters. The summed E-state index contributed by atoms with van der Waals surface area (Å²) in [5.74, 6) is 1.87. The van der Waals surface area contributed by atoms with E-state index in [2.05, 4.69) is 21.5 Å². The lowest BCUT2D eigenvalue weighted by Crippen LogP contribution is -2.42. The van der Waals surface area contributed by atoms with E-state index in [1.807, 2.05) is 13.8 Å². The van der Waals surface area contributed by atoms with Gasteiger partial charge in [0.2, 0.25) is 0 Å². The molecule has 1 aromatic rings. The molecule has 4 nitrogen and oxygen atoms in total. The zero-order valence-corrected chi connectivity index (χ0v) is 13.5. The highest BCUT2D eigenvalue weighted by atomic mass is 19.4. The van der Waals surface area contributed by atoms with Crippen molar-refractivity contribution in [3.63, 3.8) is 0 Å². The number of nitrogens with one attached hydrogen (secondary N) is 2. The molecule has 0 radical (unpaired) electrons. The number of carbonyl (C=O) groups is 1. The van der Waals surface area contributed by atoms with Crippen molar-refractivity contribution in [1.29, 1.82) is 0 Å². The minimum absolute atomic E-state index is 0.0157. The number of halogens is 3. The number of anilines is 1. The molecular weight excluding hydrogens is 307 g/mol. The summed E-state index contributed by atoms with van der Waals surface area (Å²) in [5.41, 5.74) is -1.96. The highest BCUT2D eigenvalue weighted by Gasteiger charge is 2.34. The predicted octanol–water partition coefficient (Wildman–Crippen LogP) is 3.31. The second-order valence-corrected chi connectivity index (χ2v) is 6.09. The number of terminal acetylenes is 1. The molecule has 0 saturated carbocycles. The molecule has 0 aliphatic carbocycles. The van der Waals surface area contributed by atoms with Gasteiger partial charge in [0, 0.05) is 6.54 Å². The Kier molecular flexibility index (Phi) is 5.65. The van der Waals surface area contributed by atoms with Crippen molar-refractivity contribution >= 4 is 11.7 Å². The lowest BCUT2D eigenvalue weighted by molar-refractivity contribution is -0.141. The maximum atomic E-state index is 12.8. The van der Waals surface area contributed by atoms with Gasteiger partial charge in [0.05, 0.1) is 11.1 Å². The molecule has 0 fully saturated rings. The van der Waals surface area contributed by atoms with E-state index in [-0.39, 0.29) is 17.3 Å². The summed E-state index contributed by atoms with van der Waals surface area (Å²) >= 11 is 0. The normalized spacial score (nSPS) is 12.0. The lowest BCUT2D eigenvalue weighted by Gasteiger charge is -2.21. The fraction of sp³-hybridized carbons (Fsp3) is 0.500. The van der Waals surface area contributed by atoms with E-state index >= 15 is 0 Å². The Labute approximate surface area is 133 Å². The molecule has 1 rings (SSSR count). The quantitative estimate of drug-likeness (QED) is 0.816. The second-order valence-electron chi connectivity index (χ2n) is 6.09. The van der Waals surface area contributed by atoms with E-state index in [0.29, 0.717) is 6.54 Å². The summed E-state index contributed by atoms with van der Waals surface area (Å²) in [6, 6.07) is 1.87. The zero-order valence-electron chi connectivity index (χ0n) is 13.5. The maximum absolute atomic E-state index is 12.8. The van der Waals surface area contributed by atoms with Crippen molar-refractivity contribution in [3.05, 3.63) is 23.4 Å². The molecule has 0 aromatic carbocycles. The zero-order chi connectivity index (χ0) is 17.8. The van der Waals surface area contributed by atoms with Gasteiger partial charge in [0.25, 0.3) is 5.91 Å². The van der Waals surface area contributed by atoms with Gasteiger partial charge in [-0.15, -0.1) is 6.42 Å². The molecule has 1 amide bonds.